The van der Waals surface area contributed by atoms with Gasteiger partial charge in [-0.3, -0.25) is 4.79 Å². The van der Waals surface area contributed by atoms with Crippen LogP contribution in [0.2, 0.25) is 15.1 Å². The molecule has 0 aliphatic heterocycles. The van der Waals surface area contributed by atoms with E-state index in [1.165, 1.54) is 0 Å². The van der Waals surface area contributed by atoms with Crippen LogP contribution in [-0.2, 0) is 4.79 Å². The van der Waals surface area contributed by atoms with Crippen molar-refractivity contribution < 1.29 is 9.53 Å². The molecule has 3 nitrogen and oxygen atoms in total. The highest BCUT2D eigenvalue weighted by molar-refractivity contribution is 7.99. The second-order valence-electron chi connectivity index (χ2n) is 4.49. The molecule has 23 heavy (non-hydrogen) atoms. The molecule has 0 aliphatic rings. The standard InChI is InChI=1S/C16H14Cl3NO2S/c17-11-4-6-12(7-5-11)23-9-8-20-15(21)10-22-14-3-1-2-13(18)16(14)19/h1-7H,8-10H2,(H,20,21). The molecule has 0 aromatic heterocycles. The number of hydrogen-bond acceptors (Lipinski definition) is 3. The number of rotatable bonds is 7. The van der Waals surface area contributed by atoms with Crippen molar-refractivity contribution in [1.29, 1.82) is 0 Å². The zero-order valence-corrected chi connectivity index (χ0v) is 15.1. The van der Waals surface area contributed by atoms with Gasteiger partial charge in [-0.2, -0.15) is 0 Å². The second kappa shape index (κ2) is 9.28. The Balaban J connectivity index is 1.67. The number of halogens is 3. The van der Waals surface area contributed by atoms with E-state index in [4.69, 9.17) is 39.5 Å². The largest absolute Gasteiger partial charge is 0.482 e. The number of benzene rings is 2. The van der Waals surface area contributed by atoms with E-state index in [-0.39, 0.29) is 12.5 Å². The summed E-state index contributed by atoms with van der Waals surface area (Å²) in [5, 5.41) is 4.19. The Morgan fingerprint density at radius 3 is 2.57 bits per heavy atom. The van der Waals surface area contributed by atoms with E-state index >= 15 is 0 Å². The zero-order valence-electron chi connectivity index (χ0n) is 12.0. The minimum atomic E-state index is -0.210. The Morgan fingerprint density at radius 2 is 1.83 bits per heavy atom. The van der Waals surface area contributed by atoms with Crippen molar-refractivity contribution in [3.8, 4) is 5.75 Å². The lowest BCUT2D eigenvalue weighted by Crippen LogP contribution is -2.30. The SMILES string of the molecule is O=C(COc1cccc(Cl)c1Cl)NCCSc1ccc(Cl)cc1. The normalized spacial score (nSPS) is 10.4. The van der Waals surface area contributed by atoms with Gasteiger partial charge in [0.25, 0.3) is 5.91 Å². The quantitative estimate of drug-likeness (QED) is 0.538. The van der Waals surface area contributed by atoms with Gasteiger partial charge >= 0.3 is 0 Å². The van der Waals surface area contributed by atoms with Crippen LogP contribution in [-0.4, -0.2) is 24.8 Å². The zero-order chi connectivity index (χ0) is 16.7. The lowest BCUT2D eigenvalue weighted by atomic mass is 10.3. The average Bonchev–Trinajstić information content (AvgIpc) is 2.54. The number of hydrogen-bond donors (Lipinski definition) is 1. The highest BCUT2D eigenvalue weighted by atomic mass is 35.5. The Kier molecular flexibility index (Phi) is 7.37. The molecule has 0 heterocycles. The van der Waals surface area contributed by atoms with Crippen LogP contribution in [0.1, 0.15) is 0 Å². The van der Waals surface area contributed by atoms with Gasteiger partial charge in [-0.05, 0) is 36.4 Å². The molecule has 0 bridgehead atoms. The maximum absolute atomic E-state index is 11.7. The van der Waals surface area contributed by atoms with Gasteiger partial charge in [0, 0.05) is 22.2 Å². The highest BCUT2D eigenvalue weighted by Crippen LogP contribution is 2.31. The number of carbonyl (C=O) groups excluding carboxylic acids is 1. The van der Waals surface area contributed by atoms with Gasteiger partial charge in [0.05, 0.1) is 5.02 Å². The molecule has 0 aliphatic carbocycles. The first-order valence-electron chi connectivity index (χ1n) is 6.78. The number of thioether (sulfide) groups is 1. The summed E-state index contributed by atoms with van der Waals surface area (Å²) in [7, 11) is 0. The Labute approximate surface area is 154 Å². The van der Waals surface area contributed by atoms with Gasteiger partial charge in [0.2, 0.25) is 0 Å². The van der Waals surface area contributed by atoms with E-state index < -0.39 is 0 Å². The van der Waals surface area contributed by atoms with Gasteiger partial charge < -0.3 is 10.1 Å². The first-order valence-corrected chi connectivity index (χ1v) is 8.90. The molecule has 2 aromatic carbocycles. The molecular formula is C16H14Cl3NO2S. The van der Waals surface area contributed by atoms with Crippen LogP contribution in [0, 0.1) is 0 Å². The van der Waals surface area contributed by atoms with Gasteiger partial charge in [0.15, 0.2) is 6.61 Å². The Morgan fingerprint density at radius 1 is 1.09 bits per heavy atom. The van der Waals surface area contributed by atoms with Gasteiger partial charge in [-0.25, -0.2) is 0 Å². The van der Waals surface area contributed by atoms with Crippen LogP contribution < -0.4 is 10.1 Å². The second-order valence-corrected chi connectivity index (χ2v) is 6.88. The first kappa shape index (κ1) is 18.3. The predicted octanol–water partition coefficient (Wildman–Crippen LogP) is 4.93. The van der Waals surface area contributed by atoms with E-state index in [2.05, 4.69) is 5.32 Å². The Hall–Kier alpha value is -1.07. The van der Waals surface area contributed by atoms with Crippen LogP contribution in [0.25, 0.3) is 0 Å². The third kappa shape index (κ3) is 6.15. The summed E-state index contributed by atoms with van der Waals surface area (Å²) < 4.78 is 5.36. The molecule has 0 spiro atoms. The van der Waals surface area contributed by atoms with Crippen LogP contribution in [0.4, 0.5) is 0 Å². The fourth-order valence-electron chi connectivity index (χ4n) is 1.68. The molecule has 7 heteroatoms. The van der Waals surface area contributed by atoms with E-state index in [0.717, 1.165) is 10.6 Å². The lowest BCUT2D eigenvalue weighted by Gasteiger charge is -2.09. The first-order chi connectivity index (χ1) is 11.1. The number of nitrogens with one attached hydrogen (secondary N) is 1. The molecule has 122 valence electrons. The van der Waals surface area contributed by atoms with Crippen LogP contribution in [0.3, 0.4) is 0 Å². The van der Waals surface area contributed by atoms with E-state index in [0.29, 0.717) is 27.4 Å². The molecular weight excluding hydrogens is 377 g/mol. The maximum Gasteiger partial charge on any atom is 0.257 e. The molecule has 0 saturated carbocycles. The van der Waals surface area contributed by atoms with Crippen LogP contribution >= 0.6 is 46.6 Å². The number of ether oxygens (including phenoxy) is 1. The minimum absolute atomic E-state index is 0.105. The number of amides is 1. The van der Waals surface area contributed by atoms with E-state index in [1.807, 2.05) is 24.3 Å². The minimum Gasteiger partial charge on any atom is -0.482 e. The van der Waals surface area contributed by atoms with Crippen molar-refractivity contribution in [1.82, 2.24) is 5.32 Å². The summed E-state index contributed by atoms with van der Waals surface area (Å²) in [5.74, 6) is 0.938. The van der Waals surface area contributed by atoms with E-state index in [9.17, 15) is 4.79 Å². The van der Waals surface area contributed by atoms with E-state index in [1.54, 1.807) is 30.0 Å². The summed E-state index contributed by atoms with van der Waals surface area (Å²) in [6.45, 7) is 0.435. The Bertz CT molecular complexity index is 665. The molecule has 0 unspecified atom stereocenters. The van der Waals surface area contributed by atoms with Crippen molar-refractivity contribution in [2.75, 3.05) is 18.9 Å². The molecule has 0 atom stereocenters. The predicted molar refractivity (Wildman–Crippen MR) is 97.1 cm³/mol. The van der Waals surface area contributed by atoms with Gasteiger partial charge in [0.1, 0.15) is 10.8 Å². The third-order valence-corrected chi connectivity index (χ3v) is 4.85. The number of carbonyl (C=O) groups is 1. The molecule has 0 fully saturated rings. The molecule has 2 aromatic rings. The molecule has 1 amide bonds. The van der Waals surface area contributed by atoms with Gasteiger partial charge in [-0.15, -0.1) is 11.8 Å². The van der Waals surface area contributed by atoms with Crippen molar-refractivity contribution in [3.05, 3.63) is 57.5 Å². The monoisotopic (exact) mass is 389 g/mol. The molecule has 0 saturated heterocycles. The van der Waals surface area contributed by atoms with Crippen molar-refractivity contribution >= 4 is 52.5 Å². The lowest BCUT2D eigenvalue weighted by molar-refractivity contribution is -0.122. The van der Waals surface area contributed by atoms with Crippen molar-refractivity contribution in [2.45, 2.75) is 4.90 Å². The average molecular weight is 391 g/mol. The third-order valence-electron chi connectivity index (χ3n) is 2.78. The molecule has 1 N–H and O–H groups in total. The van der Waals surface area contributed by atoms with Crippen LogP contribution in [0.15, 0.2) is 47.4 Å². The summed E-state index contributed by atoms with van der Waals surface area (Å²) in [6.07, 6.45) is 0. The topological polar surface area (TPSA) is 38.3 Å². The summed E-state index contributed by atoms with van der Waals surface area (Å²) in [5.41, 5.74) is 0. The highest BCUT2D eigenvalue weighted by Gasteiger charge is 2.08. The molecule has 2 rings (SSSR count). The van der Waals surface area contributed by atoms with Crippen molar-refractivity contribution in [2.24, 2.45) is 0 Å². The maximum atomic E-state index is 11.7. The molecule has 0 radical (unpaired) electrons. The smallest absolute Gasteiger partial charge is 0.257 e. The van der Waals surface area contributed by atoms with Crippen molar-refractivity contribution in [3.63, 3.8) is 0 Å². The summed E-state index contributed by atoms with van der Waals surface area (Å²) in [6, 6.07) is 12.6. The van der Waals surface area contributed by atoms with Crippen LogP contribution in [0.5, 0.6) is 5.75 Å². The summed E-state index contributed by atoms with van der Waals surface area (Å²) >= 11 is 19.3. The van der Waals surface area contributed by atoms with Gasteiger partial charge in [-0.1, -0.05) is 40.9 Å². The summed E-state index contributed by atoms with van der Waals surface area (Å²) in [4.78, 5) is 12.8. The fourth-order valence-corrected chi connectivity index (χ4v) is 2.92. The fraction of sp³-hybridized carbons (Fsp3) is 0.188.